The van der Waals surface area contributed by atoms with Crippen LogP contribution in [-0.2, 0) is 9.59 Å². The van der Waals surface area contributed by atoms with Gasteiger partial charge in [-0.1, -0.05) is 27.2 Å². The van der Waals surface area contributed by atoms with Crippen molar-refractivity contribution in [2.45, 2.75) is 65.4 Å². The van der Waals surface area contributed by atoms with Gasteiger partial charge >= 0.3 is 0 Å². The largest absolute Gasteiger partial charge is 0.393 e. The van der Waals surface area contributed by atoms with E-state index in [4.69, 9.17) is 0 Å². The summed E-state index contributed by atoms with van der Waals surface area (Å²) in [6.07, 6.45) is 4.69. The maximum atomic E-state index is 11.7. The Kier molecular flexibility index (Phi) is 7.15. The average Bonchev–Trinajstić information content (AvgIpc) is 2.40. The molecule has 0 heterocycles. The molecule has 3 N–H and O–H groups in total. The van der Waals surface area contributed by atoms with Crippen molar-refractivity contribution in [1.82, 2.24) is 10.6 Å². The number of aliphatic hydroxyl groups excluding tert-OH is 1. The first-order valence-electron chi connectivity index (χ1n) is 8.02. The number of aliphatic hydroxyl groups is 1. The van der Waals surface area contributed by atoms with Gasteiger partial charge in [0, 0.05) is 24.9 Å². The summed E-state index contributed by atoms with van der Waals surface area (Å²) in [6, 6.07) is 0. The summed E-state index contributed by atoms with van der Waals surface area (Å²) in [4.78, 5) is 23.4. The summed E-state index contributed by atoms with van der Waals surface area (Å²) in [7, 11) is 0. The van der Waals surface area contributed by atoms with Crippen molar-refractivity contribution < 1.29 is 14.7 Å². The Morgan fingerprint density at radius 2 is 1.90 bits per heavy atom. The molecule has 0 aliphatic heterocycles. The number of rotatable bonds is 6. The van der Waals surface area contributed by atoms with Crippen molar-refractivity contribution in [3.8, 4) is 0 Å². The number of hydrogen-bond donors (Lipinski definition) is 3. The van der Waals surface area contributed by atoms with Crippen LogP contribution in [0.3, 0.4) is 0 Å². The van der Waals surface area contributed by atoms with E-state index in [-0.39, 0.29) is 23.3 Å². The fourth-order valence-corrected chi connectivity index (χ4v) is 2.51. The molecule has 0 bridgehead atoms. The van der Waals surface area contributed by atoms with Gasteiger partial charge in [-0.2, -0.15) is 0 Å². The summed E-state index contributed by atoms with van der Waals surface area (Å²) in [6.45, 7) is 6.80. The van der Waals surface area contributed by atoms with Gasteiger partial charge in [0.2, 0.25) is 11.8 Å². The van der Waals surface area contributed by atoms with Gasteiger partial charge in [0.1, 0.15) is 0 Å². The lowest BCUT2D eigenvalue weighted by Crippen LogP contribution is -2.36. The van der Waals surface area contributed by atoms with Crippen molar-refractivity contribution in [1.29, 1.82) is 0 Å². The second kappa shape index (κ2) is 8.37. The summed E-state index contributed by atoms with van der Waals surface area (Å²) in [5, 5.41) is 15.3. The average molecular weight is 298 g/mol. The third-order valence-corrected chi connectivity index (χ3v) is 3.89. The topological polar surface area (TPSA) is 78.4 Å². The molecule has 1 aliphatic rings. The lowest BCUT2D eigenvalue weighted by atomic mass is 9.87. The Hall–Kier alpha value is -1.10. The first kappa shape index (κ1) is 18.0. The van der Waals surface area contributed by atoms with E-state index in [1.807, 2.05) is 20.8 Å². The van der Waals surface area contributed by atoms with Gasteiger partial charge in [0.25, 0.3) is 0 Å². The maximum Gasteiger partial charge on any atom is 0.225 e. The van der Waals surface area contributed by atoms with Crippen LogP contribution in [0, 0.1) is 11.3 Å². The maximum absolute atomic E-state index is 11.7. The molecule has 0 aromatic heterocycles. The lowest BCUT2D eigenvalue weighted by Gasteiger charge is -2.25. The highest BCUT2D eigenvalue weighted by Gasteiger charge is 2.21. The predicted octanol–water partition coefficient (Wildman–Crippen LogP) is 1.60. The van der Waals surface area contributed by atoms with Gasteiger partial charge in [0.05, 0.1) is 6.10 Å². The molecule has 2 atom stereocenters. The summed E-state index contributed by atoms with van der Waals surface area (Å²) < 4.78 is 0. The van der Waals surface area contributed by atoms with Crippen LogP contribution in [0.25, 0.3) is 0 Å². The second-order valence-corrected chi connectivity index (χ2v) is 7.10. The van der Waals surface area contributed by atoms with Crippen LogP contribution in [-0.4, -0.2) is 36.1 Å². The van der Waals surface area contributed by atoms with Crippen molar-refractivity contribution in [3.63, 3.8) is 0 Å². The minimum absolute atomic E-state index is 0.0131. The molecule has 5 nitrogen and oxygen atoms in total. The third kappa shape index (κ3) is 7.46. The first-order valence-corrected chi connectivity index (χ1v) is 8.02. The smallest absolute Gasteiger partial charge is 0.225 e. The van der Waals surface area contributed by atoms with E-state index in [0.717, 1.165) is 25.7 Å². The van der Waals surface area contributed by atoms with Gasteiger partial charge in [-0.15, -0.1) is 0 Å². The number of carbonyl (C=O) groups is 2. The van der Waals surface area contributed by atoms with Crippen molar-refractivity contribution >= 4 is 11.8 Å². The molecule has 5 heteroatoms. The van der Waals surface area contributed by atoms with Crippen LogP contribution >= 0.6 is 0 Å². The molecule has 1 fully saturated rings. The van der Waals surface area contributed by atoms with Crippen LogP contribution in [0.2, 0.25) is 0 Å². The molecule has 0 spiro atoms. The molecule has 0 aromatic carbocycles. The fraction of sp³-hybridized carbons (Fsp3) is 0.875. The number of hydrogen-bond acceptors (Lipinski definition) is 3. The Balaban J connectivity index is 2.07. The fourth-order valence-electron chi connectivity index (χ4n) is 2.51. The van der Waals surface area contributed by atoms with Gasteiger partial charge in [-0.25, -0.2) is 0 Å². The summed E-state index contributed by atoms with van der Waals surface area (Å²) >= 11 is 0. The van der Waals surface area contributed by atoms with E-state index in [9.17, 15) is 14.7 Å². The number of carbonyl (C=O) groups excluding carboxylic acids is 2. The zero-order chi connectivity index (χ0) is 15.9. The summed E-state index contributed by atoms with van der Waals surface area (Å²) in [5.74, 6) is 0.442. The Labute approximate surface area is 127 Å². The zero-order valence-electron chi connectivity index (χ0n) is 13.6. The third-order valence-electron chi connectivity index (χ3n) is 3.89. The van der Waals surface area contributed by atoms with Crippen LogP contribution < -0.4 is 10.6 Å². The molecule has 1 aliphatic carbocycles. The number of nitrogens with one attached hydrogen (secondary N) is 2. The molecule has 21 heavy (non-hydrogen) atoms. The van der Waals surface area contributed by atoms with Gasteiger partial charge < -0.3 is 15.7 Å². The van der Waals surface area contributed by atoms with Gasteiger partial charge in [-0.05, 0) is 31.6 Å². The molecule has 0 aromatic rings. The van der Waals surface area contributed by atoms with E-state index in [2.05, 4.69) is 10.6 Å². The zero-order valence-corrected chi connectivity index (χ0v) is 13.6. The monoisotopic (exact) mass is 298 g/mol. The SMILES string of the molecule is CC(C)(C)C(=O)NCCCC(=O)NCC1CCCC(O)C1. The lowest BCUT2D eigenvalue weighted by molar-refractivity contribution is -0.128. The van der Waals surface area contributed by atoms with Crippen molar-refractivity contribution in [2.24, 2.45) is 11.3 Å². The first-order chi connectivity index (χ1) is 9.79. The molecular weight excluding hydrogens is 268 g/mol. The van der Waals surface area contributed by atoms with Gasteiger partial charge in [-0.3, -0.25) is 9.59 Å². The molecular formula is C16H30N2O3. The highest BCUT2D eigenvalue weighted by Crippen LogP contribution is 2.23. The van der Waals surface area contributed by atoms with Crippen LogP contribution in [0.15, 0.2) is 0 Å². The molecule has 122 valence electrons. The molecule has 2 amide bonds. The Morgan fingerprint density at radius 3 is 2.52 bits per heavy atom. The molecule has 0 saturated heterocycles. The normalized spacial score (nSPS) is 22.7. The van der Waals surface area contributed by atoms with E-state index < -0.39 is 0 Å². The quantitative estimate of drug-likeness (QED) is 0.652. The van der Waals surface area contributed by atoms with Crippen LogP contribution in [0.5, 0.6) is 0 Å². The highest BCUT2D eigenvalue weighted by molar-refractivity contribution is 5.81. The van der Waals surface area contributed by atoms with E-state index in [0.29, 0.717) is 31.8 Å². The number of amides is 2. The molecule has 0 radical (unpaired) electrons. The van der Waals surface area contributed by atoms with Gasteiger partial charge in [0.15, 0.2) is 0 Å². The highest BCUT2D eigenvalue weighted by atomic mass is 16.3. The Morgan fingerprint density at radius 1 is 1.19 bits per heavy atom. The molecule has 1 rings (SSSR count). The summed E-state index contributed by atoms with van der Waals surface area (Å²) in [5.41, 5.74) is -0.385. The van der Waals surface area contributed by atoms with Crippen molar-refractivity contribution in [3.05, 3.63) is 0 Å². The Bertz CT molecular complexity index is 350. The minimum atomic E-state index is -0.385. The van der Waals surface area contributed by atoms with Crippen molar-refractivity contribution in [2.75, 3.05) is 13.1 Å². The van der Waals surface area contributed by atoms with E-state index in [1.165, 1.54) is 0 Å². The van der Waals surface area contributed by atoms with E-state index >= 15 is 0 Å². The van der Waals surface area contributed by atoms with Crippen LogP contribution in [0.4, 0.5) is 0 Å². The molecule has 1 saturated carbocycles. The standard InChI is InChI=1S/C16H30N2O3/c1-16(2,3)15(21)17-9-5-8-14(20)18-11-12-6-4-7-13(19)10-12/h12-13,19H,4-11H2,1-3H3,(H,17,21)(H,18,20). The predicted molar refractivity (Wildman–Crippen MR) is 82.7 cm³/mol. The minimum Gasteiger partial charge on any atom is -0.393 e. The van der Waals surface area contributed by atoms with Crippen LogP contribution in [0.1, 0.15) is 59.3 Å². The second-order valence-electron chi connectivity index (χ2n) is 7.10. The molecule has 2 unspecified atom stereocenters. The van der Waals surface area contributed by atoms with E-state index in [1.54, 1.807) is 0 Å².